The van der Waals surface area contributed by atoms with Crippen molar-refractivity contribution in [1.82, 2.24) is 19.6 Å². The van der Waals surface area contributed by atoms with E-state index in [1.54, 1.807) is 55.1 Å². The largest absolute Gasteiger partial charge is 0.452 e. The molecule has 2 aromatic heterocycles. The molecule has 4 aromatic rings. The molecule has 34 heavy (non-hydrogen) atoms. The number of hydrogen-bond donors (Lipinski definition) is 2. The quantitative estimate of drug-likeness (QED) is 0.422. The standard InChI is InChI=1S/C24H23N5O5/c1-14-21(24(33)29(28(14)3)16-9-5-4-6-10-16)25-22(31)15(2)34-20(30)13-19-17-11-7-8-12-18(17)23(32)27-26-19/h4-12,15H,13H2,1-3H3,(H,25,31)(H,27,32). The molecule has 1 unspecified atom stereocenters. The number of aromatic amines is 1. The fraction of sp³-hybridized carbons (Fsp3) is 0.208. The van der Waals surface area contributed by atoms with Gasteiger partial charge in [-0.2, -0.15) is 5.10 Å². The van der Waals surface area contributed by atoms with Crippen LogP contribution in [0, 0.1) is 6.92 Å². The maximum Gasteiger partial charge on any atom is 0.312 e. The molecule has 10 nitrogen and oxygen atoms in total. The highest BCUT2D eigenvalue weighted by Gasteiger charge is 2.23. The summed E-state index contributed by atoms with van der Waals surface area (Å²) >= 11 is 0. The highest BCUT2D eigenvalue weighted by Crippen LogP contribution is 2.16. The molecule has 0 saturated heterocycles. The molecule has 0 fully saturated rings. The summed E-state index contributed by atoms with van der Waals surface area (Å²) in [7, 11) is 1.71. The van der Waals surface area contributed by atoms with Gasteiger partial charge >= 0.3 is 5.97 Å². The van der Waals surface area contributed by atoms with Crippen molar-refractivity contribution in [3.63, 3.8) is 0 Å². The highest BCUT2D eigenvalue weighted by molar-refractivity contribution is 5.96. The van der Waals surface area contributed by atoms with Crippen LogP contribution in [-0.4, -0.2) is 37.5 Å². The number of esters is 1. The van der Waals surface area contributed by atoms with Gasteiger partial charge in [-0.1, -0.05) is 36.4 Å². The lowest BCUT2D eigenvalue weighted by molar-refractivity contribution is -0.152. The molecule has 10 heteroatoms. The van der Waals surface area contributed by atoms with Gasteiger partial charge in [-0.3, -0.25) is 23.9 Å². The summed E-state index contributed by atoms with van der Waals surface area (Å²) in [6.07, 6.45) is -1.40. The summed E-state index contributed by atoms with van der Waals surface area (Å²) in [5, 5.41) is 9.82. The molecule has 0 radical (unpaired) electrons. The molecular formula is C24H23N5O5. The topological polar surface area (TPSA) is 128 Å². The van der Waals surface area contributed by atoms with Gasteiger partial charge in [0.1, 0.15) is 5.69 Å². The molecule has 2 aromatic carbocycles. The fourth-order valence-electron chi connectivity index (χ4n) is 3.67. The van der Waals surface area contributed by atoms with Crippen LogP contribution in [-0.2, 0) is 27.8 Å². The Morgan fingerprint density at radius 2 is 1.71 bits per heavy atom. The van der Waals surface area contributed by atoms with Crippen molar-refractivity contribution < 1.29 is 14.3 Å². The van der Waals surface area contributed by atoms with Gasteiger partial charge in [0.25, 0.3) is 17.0 Å². The summed E-state index contributed by atoms with van der Waals surface area (Å²) < 4.78 is 8.35. The van der Waals surface area contributed by atoms with Crippen LogP contribution in [0.2, 0.25) is 0 Å². The van der Waals surface area contributed by atoms with Gasteiger partial charge in [0.05, 0.1) is 28.9 Å². The van der Waals surface area contributed by atoms with E-state index in [0.29, 0.717) is 27.8 Å². The van der Waals surface area contributed by atoms with E-state index in [-0.39, 0.29) is 17.7 Å². The van der Waals surface area contributed by atoms with Crippen LogP contribution >= 0.6 is 0 Å². The number of anilines is 1. The SMILES string of the molecule is Cc1c(NC(=O)C(C)OC(=O)Cc2n[nH]c(=O)c3ccccc23)c(=O)n(-c2ccccc2)n1C. The first-order chi connectivity index (χ1) is 16.3. The first-order valence-electron chi connectivity index (χ1n) is 10.6. The van der Waals surface area contributed by atoms with Gasteiger partial charge in [-0.05, 0) is 32.0 Å². The molecule has 0 aliphatic carbocycles. The predicted molar refractivity (Wildman–Crippen MR) is 126 cm³/mol. The van der Waals surface area contributed by atoms with Gasteiger partial charge in [-0.25, -0.2) is 9.78 Å². The smallest absolute Gasteiger partial charge is 0.312 e. The van der Waals surface area contributed by atoms with Crippen molar-refractivity contribution >= 4 is 28.3 Å². The number of benzene rings is 2. The van der Waals surface area contributed by atoms with E-state index in [2.05, 4.69) is 15.5 Å². The maximum absolute atomic E-state index is 13.0. The predicted octanol–water partition coefficient (Wildman–Crippen LogP) is 1.83. The van der Waals surface area contributed by atoms with Crippen LogP contribution in [0.15, 0.2) is 64.2 Å². The third kappa shape index (κ3) is 4.25. The van der Waals surface area contributed by atoms with E-state index in [1.165, 1.54) is 11.6 Å². The van der Waals surface area contributed by atoms with E-state index in [9.17, 15) is 19.2 Å². The Kier molecular flexibility index (Phi) is 6.13. The average molecular weight is 461 g/mol. The molecular weight excluding hydrogens is 438 g/mol. The van der Waals surface area contributed by atoms with Gasteiger partial charge < -0.3 is 10.1 Å². The number of nitrogens with zero attached hydrogens (tertiary/aromatic N) is 3. The van der Waals surface area contributed by atoms with Gasteiger partial charge in [0.2, 0.25) is 0 Å². The summed E-state index contributed by atoms with van der Waals surface area (Å²) in [6.45, 7) is 3.12. The van der Waals surface area contributed by atoms with Gasteiger partial charge in [0, 0.05) is 12.4 Å². The maximum atomic E-state index is 13.0. The molecule has 0 saturated carbocycles. The number of carbonyl (C=O) groups excluding carboxylic acids is 2. The number of fused-ring (bicyclic) bond motifs is 1. The number of carbonyl (C=O) groups is 2. The summed E-state index contributed by atoms with van der Waals surface area (Å²) in [6, 6.07) is 15.8. The minimum absolute atomic E-state index is 0.104. The summed E-state index contributed by atoms with van der Waals surface area (Å²) in [5.74, 6) is -1.34. The lowest BCUT2D eigenvalue weighted by atomic mass is 10.1. The average Bonchev–Trinajstić information content (AvgIpc) is 3.04. The van der Waals surface area contributed by atoms with Gasteiger partial charge in [-0.15, -0.1) is 0 Å². The number of hydrogen-bond acceptors (Lipinski definition) is 6. The molecule has 2 N–H and O–H groups in total. The number of ether oxygens (including phenoxy) is 1. The molecule has 174 valence electrons. The number of nitrogens with one attached hydrogen (secondary N) is 2. The Balaban J connectivity index is 1.48. The summed E-state index contributed by atoms with van der Waals surface area (Å²) in [4.78, 5) is 50.1. The Labute approximate surface area is 193 Å². The third-order valence-corrected chi connectivity index (χ3v) is 5.57. The third-order valence-electron chi connectivity index (χ3n) is 5.57. The first-order valence-corrected chi connectivity index (χ1v) is 10.6. The number of para-hydroxylation sites is 1. The zero-order chi connectivity index (χ0) is 24.4. The minimum Gasteiger partial charge on any atom is -0.452 e. The molecule has 0 bridgehead atoms. The monoisotopic (exact) mass is 461 g/mol. The van der Waals surface area contributed by atoms with Crippen molar-refractivity contribution in [3.05, 3.63) is 86.7 Å². The second-order valence-corrected chi connectivity index (χ2v) is 7.78. The van der Waals surface area contributed by atoms with Crippen molar-refractivity contribution in [3.8, 4) is 5.69 Å². The van der Waals surface area contributed by atoms with Crippen LogP contribution in [0.5, 0.6) is 0 Å². The molecule has 4 rings (SSSR count). The number of amides is 1. The molecule has 1 amide bonds. The second kappa shape index (κ2) is 9.18. The van der Waals surface area contributed by atoms with Crippen LogP contribution in [0.4, 0.5) is 5.69 Å². The van der Waals surface area contributed by atoms with E-state index < -0.39 is 23.5 Å². The molecule has 0 spiro atoms. The minimum atomic E-state index is -1.16. The Hall–Kier alpha value is -4.47. The van der Waals surface area contributed by atoms with Crippen LogP contribution in [0.3, 0.4) is 0 Å². The van der Waals surface area contributed by atoms with Crippen LogP contribution in [0.1, 0.15) is 18.3 Å². The lowest BCUT2D eigenvalue weighted by Gasteiger charge is -2.13. The Bertz CT molecular complexity index is 1500. The van der Waals surface area contributed by atoms with Crippen LogP contribution in [0.25, 0.3) is 16.5 Å². The van der Waals surface area contributed by atoms with Crippen molar-refractivity contribution in [2.75, 3.05) is 5.32 Å². The number of H-pyrrole nitrogens is 1. The number of rotatable bonds is 6. The Morgan fingerprint density at radius 1 is 1.06 bits per heavy atom. The Morgan fingerprint density at radius 3 is 2.41 bits per heavy atom. The van der Waals surface area contributed by atoms with E-state index in [1.807, 2.05) is 18.2 Å². The molecule has 2 heterocycles. The van der Waals surface area contributed by atoms with Crippen LogP contribution < -0.4 is 16.4 Å². The lowest BCUT2D eigenvalue weighted by Crippen LogP contribution is -2.32. The second-order valence-electron chi connectivity index (χ2n) is 7.78. The van der Waals surface area contributed by atoms with Crippen molar-refractivity contribution in [2.24, 2.45) is 7.05 Å². The number of aromatic nitrogens is 4. The molecule has 0 aliphatic heterocycles. The van der Waals surface area contributed by atoms with Crippen molar-refractivity contribution in [1.29, 1.82) is 0 Å². The molecule has 0 aliphatic rings. The zero-order valence-corrected chi connectivity index (χ0v) is 18.9. The van der Waals surface area contributed by atoms with Gasteiger partial charge in [0.15, 0.2) is 6.10 Å². The fourth-order valence-corrected chi connectivity index (χ4v) is 3.67. The normalized spacial score (nSPS) is 11.9. The molecule has 1 atom stereocenters. The first kappa shape index (κ1) is 22.7. The summed E-state index contributed by atoms with van der Waals surface area (Å²) in [5.41, 5.74) is 0.871. The van der Waals surface area contributed by atoms with E-state index in [0.717, 1.165) is 0 Å². The van der Waals surface area contributed by atoms with E-state index in [4.69, 9.17) is 4.74 Å². The highest BCUT2D eigenvalue weighted by atomic mass is 16.5. The van der Waals surface area contributed by atoms with E-state index >= 15 is 0 Å². The van der Waals surface area contributed by atoms with Crippen molar-refractivity contribution in [2.45, 2.75) is 26.4 Å². The zero-order valence-electron chi connectivity index (χ0n) is 18.9.